The SMILES string of the molecule is CC(=O)CSc1cc(-c2ccc(-c3ccc4c(c3)[nH]c3ccccc34)o2)[nH]n1.CC(=O)CSc1cc(-c2ccc(-c3ccc4c5ccccc5n(C)c4c3)o2)[nH]n1.CC(=O)CSc1cc(-c2ccc(Br)o2)[nH]n1.CC(=O)CSc1cc(-c2ccccc2)[nH]n1.COc1ccc2cc(C3=NCC(SCC(C)=O)=C3)ccc2c1. The zero-order chi connectivity index (χ0) is 77.5. The smallest absolute Gasteiger partial charge is 0.169 e. The number of furan rings is 3. The zero-order valence-corrected chi connectivity index (χ0v) is 67.0. The predicted octanol–water partition coefficient (Wildman–Crippen LogP) is 21.0. The Bertz CT molecular complexity index is 6090. The summed E-state index contributed by atoms with van der Waals surface area (Å²) >= 11 is 10.5. The number of methoxy groups -OCH3 is 1. The van der Waals surface area contributed by atoms with Crippen LogP contribution in [0, 0.1) is 0 Å². The minimum absolute atomic E-state index is 0.127. The number of ether oxygens (including phenoxy) is 1. The van der Waals surface area contributed by atoms with Gasteiger partial charge in [0.2, 0.25) is 0 Å². The van der Waals surface area contributed by atoms with Crippen molar-refractivity contribution in [3.63, 3.8) is 0 Å². The molecule has 0 amide bonds. The van der Waals surface area contributed by atoms with Crippen LogP contribution in [0.25, 0.3) is 123 Å². The summed E-state index contributed by atoms with van der Waals surface area (Å²) in [5, 5.41) is 38.9. The number of hydrogen-bond donors (Lipinski definition) is 5. The Morgan fingerprint density at radius 3 is 1.43 bits per heavy atom. The number of nitrogens with one attached hydrogen (secondary N) is 5. The average molecular weight is 1630 g/mol. The number of nitrogens with zero attached hydrogens (tertiary/aromatic N) is 6. The van der Waals surface area contributed by atoms with E-state index in [9.17, 15) is 24.0 Å². The Labute approximate surface area is 667 Å². The molecule has 0 atom stereocenters. The van der Waals surface area contributed by atoms with E-state index in [1.807, 2.05) is 109 Å². The van der Waals surface area contributed by atoms with Crippen molar-refractivity contribution in [2.75, 3.05) is 42.4 Å². The number of benzene rings is 7. The monoisotopic (exact) mass is 1630 g/mol. The van der Waals surface area contributed by atoms with Crippen molar-refractivity contribution in [2.45, 2.75) is 54.7 Å². The Morgan fingerprint density at radius 2 is 0.865 bits per heavy atom. The maximum absolute atomic E-state index is 11.1. The molecule has 5 N–H and O–H groups in total. The van der Waals surface area contributed by atoms with E-state index < -0.39 is 0 Å². The molecule has 560 valence electrons. The van der Waals surface area contributed by atoms with Gasteiger partial charge in [-0.3, -0.25) is 49.4 Å². The number of aromatic nitrogens is 10. The van der Waals surface area contributed by atoms with Gasteiger partial charge in [-0.25, -0.2) is 0 Å². The fourth-order valence-electron chi connectivity index (χ4n) is 11.8. The number of carbonyl (C=O) groups is 5. The average Bonchev–Trinajstić information content (AvgIpc) is 1.62. The van der Waals surface area contributed by atoms with Crippen LogP contribution in [0.15, 0.2) is 266 Å². The third-order valence-electron chi connectivity index (χ3n) is 17.1. The number of aryl methyl sites for hydroxylation is 1. The van der Waals surface area contributed by atoms with E-state index in [2.05, 4.69) is 188 Å². The molecule has 111 heavy (non-hydrogen) atoms. The molecular weight excluding hydrogens is 1560 g/mol. The van der Waals surface area contributed by atoms with Gasteiger partial charge < -0.3 is 27.5 Å². The topological polar surface area (TPSA) is 282 Å². The van der Waals surface area contributed by atoms with E-state index in [1.54, 1.807) is 53.5 Å². The zero-order valence-electron chi connectivity index (χ0n) is 61.3. The molecule has 7 aromatic carbocycles. The molecule has 1 aliphatic heterocycles. The summed E-state index contributed by atoms with van der Waals surface area (Å²) in [6.07, 6.45) is 2.08. The van der Waals surface area contributed by atoms with Crippen LogP contribution in [-0.2, 0) is 31.0 Å². The molecular formula is C85H74BrN11O9S5. The molecule has 10 heterocycles. The van der Waals surface area contributed by atoms with E-state index in [0.29, 0.717) is 51.5 Å². The van der Waals surface area contributed by atoms with Crippen LogP contribution in [0.4, 0.5) is 0 Å². The molecule has 20 nitrogen and oxygen atoms in total. The minimum atomic E-state index is 0.127. The largest absolute Gasteiger partial charge is 0.497 e. The number of aliphatic imine (C=N–C) groups is 1. The third-order valence-corrected chi connectivity index (χ3v) is 22.9. The van der Waals surface area contributed by atoms with E-state index in [0.717, 1.165) is 115 Å². The van der Waals surface area contributed by atoms with Crippen LogP contribution in [-0.4, -0.2) is 127 Å². The summed E-state index contributed by atoms with van der Waals surface area (Å²) in [7, 11) is 3.76. The molecule has 0 radical (unpaired) electrons. The van der Waals surface area contributed by atoms with Gasteiger partial charge in [0.15, 0.2) is 22.0 Å². The molecule has 0 saturated heterocycles. The first kappa shape index (κ1) is 78.0. The second-order valence-electron chi connectivity index (χ2n) is 25.7. The fraction of sp³-hybridized carbons (Fsp3) is 0.153. The van der Waals surface area contributed by atoms with E-state index in [-0.39, 0.29) is 28.9 Å². The van der Waals surface area contributed by atoms with Gasteiger partial charge >= 0.3 is 0 Å². The number of rotatable bonds is 23. The van der Waals surface area contributed by atoms with Crippen LogP contribution in [0.3, 0.4) is 0 Å². The molecule has 0 unspecified atom stereocenters. The summed E-state index contributed by atoms with van der Waals surface area (Å²) in [5.74, 6) is 7.62. The summed E-state index contributed by atoms with van der Waals surface area (Å²) < 4.78 is 25.7. The first-order valence-electron chi connectivity index (χ1n) is 35.0. The summed E-state index contributed by atoms with van der Waals surface area (Å²) in [6, 6.07) is 70.9. The number of para-hydroxylation sites is 2. The number of thioether (sulfide) groups is 5. The molecule has 17 rings (SSSR count). The molecule has 0 fully saturated rings. The van der Waals surface area contributed by atoms with Crippen LogP contribution in [0.5, 0.6) is 5.75 Å². The number of Topliss-reactive ketones (excluding diaryl/α,β-unsaturated/α-hetero) is 5. The number of hydrogen-bond acceptors (Lipinski definition) is 19. The lowest BCUT2D eigenvalue weighted by molar-refractivity contribution is -0.115. The molecule has 9 aromatic heterocycles. The number of allylic oxidation sites excluding steroid dienone is 1. The Balaban J connectivity index is 0.000000124. The van der Waals surface area contributed by atoms with Crippen molar-refractivity contribution in [2.24, 2.45) is 12.0 Å². The van der Waals surface area contributed by atoms with Gasteiger partial charge in [-0.15, -0.1) is 11.8 Å². The van der Waals surface area contributed by atoms with Crippen LogP contribution >= 0.6 is 74.7 Å². The fourth-order valence-corrected chi connectivity index (χ4v) is 15.5. The van der Waals surface area contributed by atoms with Gasteiger partial charge in [-0.05, 0) is 158 Å². The van der Waals surface area contributed by atoms with Gasteiger partial charge in [-0.2, -0.15) is 20.4 Å². The van der Waals surface area contributed by atoms with Gasteiger partial charge in [0.25, 0.3) is 0 Å². The summed E-state index contributed by atoms with van der Waals surface area (Å²) in [6.45, 7) is 8.58. The van der Waals surface area contributed by atoms with Gasteiger partial charge in [0.1, 0.15) is 83.4 Å². The van der Waals surface area contributed by atoms with Crippen molar-refractivity contribution in [1.29, 1.82) is 0 Å². The van der Waals surface area contributed by atoms with Crippen molar-refractivity contribution in [3.05, 3.63) is 234 Å². The second-order valence-corrected chi connectivity index (χ2v) is 31.6. The number of ketones is 5. The second kappa shape index (κ2) is 36.6. The van der Waals surface area contributed by atoms with Crippen molar-refractivity contribution < 1.29 is 42.0 Å². The number of carbonyl (C=O) groups excluding carboxylic acids is 5. The first-order chi connectivity index (χ1) is 53.8. The quantitative estimate of drug-likeness (QED) is 0.0372. The van der Waals surface area contributed by atoms with E-state index in [4.69, 9.17) is 18.0 Å². The molecule has 1 aliphatic rings. The van der Waals surface area contributed by atoms with Gasteiger partial charge in [0, 0.05) is 90.5 Å². The number of aromatic amines is 5. The van der Waals surface area contributed by atoms with E-state index >= 15 is 0 Å². The highest BCUT2D eigenvalue weighted by Crippen LogP contribution is 2.37. The Kier molecular flexibility index (Phi) is 25.7. The predicted molar refractivity (Wildman–Crippen MR) is 454 cm³/mol. The van der Waals surface area contributed by atoms with Crippen molar-refractivity contribution in [3.8, 4) is 74.0 Å². The highest BCUT2D eigenvalue weighted by Gasteiger charge is 2.18. The van der Waals surface area contributed by atoms with Gasteiger partial charge in [-0.1, -0.05) is 156 Å². The number of fused-ring (bicyclic) bond motifs is 7. The lowest BCUT2D eigenvalue weighted by atomic mass is 10.0. The third kappa shape index (κ3) is 20.3. The number of H-pyrrole nitrogens is 5. The maximum atomic E-state index is 11.1. The lowest BCUT2D eigenvalue weighted by Crippen LogP contribution is -1.95. The standard InChI is InChI=1S/C23H19N3O2S.C22H17N3O2S.C18H17NO2S.C12H12N2OS.C10H9BrN2O2S/c1-14(27)13-29-23-12-18(24-25-23)22-10-9-21(28-22)15-7-8-17-16-5-3-4-6-19(16)26(2)20(17)11-15;1-13(26)12-28-22-11-19(24-25-22)21-9-8-20(27-21)14-6-7-16-15-4-2-3-5-17(15)23-18(16)10-14;1-12(20)11-22-17-9-18(19-10-17)15-4-3-14-8-16(21-2)6-5-13(14)7-15;1-9(15)8-16-12-7-11(13-14-12)10-5-3-2-4-6-10;1-6(14)5-16-10-4-7(12-13-10)8-2-3-9(11)15-8/h3-12H,13H2,1-2H3,(H,24,25);2-11,23H,12H2,1H3,(H,24,25);3-9H,10-11H2,1-2H3;2-7H,8H2,1H3,(H,13,14);2-4H,5H2,1H3,(H,12,13). The molecule has 0 aliphatic carbocycles. The van der Waals surface area contributed by atoms with Crippen LogP contribution in [0.2, 0.25) is 0 Å². The van der Waals surface area contributed by atoms with Crippen LogP contribution in [0.1, 0.15) is 40.2 Å². The van der Waals surface area contributed by atoms with Crippen molar-refractivity contribution >= 4 is 164 Å². The highest BCUT2D eigenvalue weighted by atomic mass is 79.9. The minimum Gasteiger partial charge on any atom is -0.497 e. The first-order valence-corrected chi connectivity index (χ1v) is 40.7. The highest BCUT2D eigenvalue weighted by molar-refractivity contribution is 9.10. The molecule has 26 heteroatoms. The Hall–Kier alpha value is -11.1. The van der Waals surface area contributed by atoms with Crippen molar-refractivity contribution in [1.82, 2.24) is 50.3 Å². The molecule has 0 bridgehead atoms. The molecule has 0 saturated carbocycles. The normalized spacial score (nSPS) is 11.7. The Morgan fingerprint density at radius 1 is 0.414 bits per heavy atom. The number of halogens is 1. The van der Waals surface area contributed by atoms with Gasteiger partial charge in [0.05, 0.1) is 53.8 Å². The van der Waals surface area contributed by atoms with E-state index in [1.165, 1.54) is 85.0 Å². The van der Waals surface area contributed by atoms with Crippen LogP contribution < -0.4 is 4.74 Å². The summed E-state index contributed by atoms with van der Waals surface area (Å²) in [5.41, 5.74) is 13.2. The lowest BCUT2D eigenvalue weighted by Gasteiger charge is -2.05. The molecule has 0 spiro atoms. The molecule has 16 aromatic rings. The maximum Gasteiger partial charge on any atom is 0.169 e. The summed E-state index contributed by atoms with van der Waals surface area (Å²) in [4.78, 5) is 64.2.